The summed E-state index contributed by atoms with van der Waals surface area (Å²) in [7, 11) is 0. The third-order valence-corrected chi connectivity index (χ3v) is 2.62. The van der Waals surface area contributed by atoms with Crippen LogP contribution < -0.4 is 4.74 Å². The average Bonchev–Trinajstić information content (AvgIpc) is 3.05. The van der Waals surface area contributed by atoms with Gasteiger partial charge in [0.2, 0.25) is 0 Å². The lowest BCUT2D eigenvalue weighted by molar-refractivity contribution is 0.207. The maximum absolute atomic E-state index is 5.68. The van der Waals surface area contributed by atoms with Gasteiger partial charge in [-0.2, -0.15) is 0 Å². The van der Waals surface area contributed by atoms with Crippen molar-refractivity contribution in [3.63, 3.8) is 0 Å². The number of ether oxygens (including phenoxy) is 2. The Kier molecular flexibility index (Phi) is 3.04. The third-order valence-electron chi connectivity index (χ3n) is 2.62. The molecule has 1 aromatic carbocycles. The van der Waals surface area contributed by atoms with Crippen LogP contribution in [0.5, 0.6) is 5.75 Å². The smallest absolute Gasteiger partial charge is 0.119 e. The van der Waals surface area contributed by atoms with Crippen molar-refractivity contribution in [2.45, 2.75) is 19.4 Å². The highest BCUT2D eigenvalue weighted by Gasteiger charge is 2.31. The molecule has 1 aliphatic rings. The van der Waals surface area contributed by atoms with Crippen LogP contribution in [-0.2, 0) is 4.74 Å². The van der Waals surface area contributed by atoms with Crippen molar-refractivity contribution in [3.8, 4) is 5.75 Å². The van der Waals surface area contributed by atoms with Crippen molar-refractivity contribution < 1.29 is 9.47 Å². The predicted octanol–water partition coefficient (Wildman–Crippen LogP) is 2.49. The summed E-state index contributed by atoms with van der Waals surface area (Å²) in [6, 6.07) is 9.95. The highest BCUT2D eigenvalue weighted by atomic mass is 16.6. The number of para-hydroxylation sites is 1. The van der Waals surface area contributed by atoms with Crippen LogP contribution in [0.1, 0.15) is 13.3 Å². The topological polar surface area (TPSA) is 21.8 Å². The van der Waals surface area contributed by atoms with Gasteiger partial charge in [-0.25, -0.2) is 0 Å². The highest BCUT2D eigenvalue weighted by Crippen LogP contribution is 2.24. The lowest BCUT2D eigenvalue weighted by Gasteiger charge is -2.13. The van der Waals surface area contributed by atoms with Crippen molar-refractivity contribution in [2.75, 3.05) is 13.2 Å². The Labute approximate surface area is 84.8 Å². The van der Waals surface area contributed by atoms with E-state index in [0.717, 1.165) is 25.4 Å². The number of rotatable bonds is 5. The van der Waals surface area contributed by atoms with Gasteiger partial charge in [-0.1, -0.05) is 25.1 Å². The van der Waals surface area contributed by atoms with Crippen molar-refractivity contribution >= 4 is 0 Å². The van der Waals surface area contributed by atoms with E-state index < -0.39 is 0 Å². The molecule has 2 heteroatoms. The number of hydrogen-bond donors (Lipinski definition) is 0. The summed E-state index contributed by atoms with van der Waals surface area (Å²) in [6.07, 6.45) is 1.57. The minimum atomic E-state index is 0.448. The summed E-state index contributed by atoms with van der Waals surface area (Å²) in [6.45, 7) is 3.86. The fraction of sp³-hybridized carbons (Fsp3) is 0.500. The van der Waals surface area contributed by atoms with E-state index in [4.69, 9.17) is 9.47 Å². The molecule has 1 aliphatic heterocycles. The van der Waals surface area contributed by atoms with Crippen LogP contribution in [0.25, 0.3) is 0 Å². The Morgan fingerprint density at radius 3 is 2.71 bits per heavy atom. The third kappa shape index (κ3) is 2.48. The first kappa shape index (κ1) is 9.53. The first-order valence-corrected chi connectivity index (χ1v) is 5.19. The molecule has 1 heterocycles. The molecular weight excluding hydrogens is 176 g/mol. The zero-order valence-electron chi connectivity index (χ0n) is 8.48. The van der Waals surface area contributed by atoms with Gasteiger partial charge in [0.1, 0.15) is 5.75 Å². The molecule has 0 aromatic heterocycles. The zero-order chi connectivity index (χ0) is 9.80. The number of benzene rings is 1. The quantitative estimate of drug-likeness (QED) is 0.668. The average molecular weight is 192 g/mol. The molecule has 1 saturated heterocycles. The summed E-state index contributed by atoms with van der Waals surface area (Å²) in [5, 5.41) is 0. The molecule has 0 bridgehead atoms. The number of epoxide rings is 1. The second-order valence-corrected chi connectivity index (χ2v) is 3.66. The standard InChI is InChI=1S/C12H16O2/c1-2-10(12-9-14-12)8-13-11-6-4-3-5-7-11/h3-7,10,12H,2,8-9H2,1H3. The lowest BCUT2D eigenvalue weighted by atomic mass is 10.0. The van der Waals surface area contributed by atoms with Gasteiger partial charge >= 0.3 is 0 Å². The summed E-state index contributed by atoms with van der Waals surface area (Å²) >= 11 is 0. The van der Waals surface area contributed by atoms with E-state index in [0.29, 0.717) is 12.0 Å². The second-order valence-electron chi connectivity index (χ2n) is 3.66. The van der Waals surface area contributed by atoms with Crippen LogP contribution in [0.2, 0.25) is 0 Å². The molecule has 2 nitrogen and oxygen atoms in total. The van der Waals surface area contributed by atoms with Gasteiger partial charge < -0.3 is 9.47 Å². The minimum Gasteiger partial charge on any atom is -0.493 e. The largest absolute Gasteiger partial charge is 0.493 e. The van der Waals surface area contributed by atoms with Gasteiger partial charge in [-0.15, -0.1) is 0 Å². The van der Waals surface area contributed by atoms with E-state index in [-0.39, 0.29) is 0 Å². The Morgan fingerprint density at radius 2 is 2.14 bits per heavy atom. The second kappa shape index (κ2) is 4.47. The highest BCUT2D eigenvalue weighted by molar-refractivity contribution is 5.20. The van der Waals surface area contributed by atoms with Gasteiger partial charge in [0, 0.05) is 5.92 Å². The van der Waals surface area contributed by atoms with Gasteiger partial charge in [-0.05, 0) is 18.6 Å². The van der Waals surface area contributed by atoms with Crippen LogP contribution in [-0.4, -0.2) is 19.3 Å². The van der Waals surface area contributed by atoms with Crippen molar-refractivity contribution in [2.24, 2.45) is 5.92 Å². The Bertz CT molecular complexity index is 267. The van der Waals surface area contributed by atoms with Crippen LogP contribution in [0, 0.1) is 5.92 Å². The van der Waals surface area contributed by atoms with E-state index in [1.165, 1.54) is 0 Å². The molecule has 0 aliphatic carbocycles. The van der Waals surface area contributed by atoms with Gasteiger partial charge in [0.15, 0.2) is 0 Å². The van der Waals surface area contributed by atoms with E-state index in [9.17, 15) is 0 Å². The molecule has 1 aromatic rings. The molecule has 76 valence electrons. The molecule has 0 radical (unpaired) electrons. The minimum absolute atomic E-state index is 0.448. The van der Waals surface area contributed by atoms with Crippen LogP contribution in [0.3, 0.4) is 0 Å². The monoisotopic (exact) mass is 192 g/mol. The van der Waals surface area contributed by atoms with Crippen molar-refractivity contribution in [1.29, 1.82) is 0 Å². The van der Waals surface area contributed by atoms with E-state index in [2.05, 4.69) is 6.92 Å². The van der Waals surface area contributed by atoms with Crippen LogP contribution in [0.4, 0.5) is 0 Å². The summed E-state index contributed by atoms with van der Waals surface area (Å²) < 4.78 is 11.0. The lowest BCUT2D eigenvalue weighted by Crippen LogP contribution is -2.16. The molecule has 14 heavy (non-hydrogen) atoms. The molecule has 0 spiro atoms. The van der Waals surface area contributed by atoms with E-state index in [1.807, 2.05) is 30.3 Å². The molecule has 0 amide bonds. The molecular formula is C12H16O2. The van der Waals surface area contributed by atoms with Crippen molar-refractivity contribution in [3.05, 3.63) is 30.3 Å². The van der Waals surface area contributed by atoms with Crippen molar-refractivity contribution in [1.82, 2.24) is 0 Å². The maximum Gasteiger partial charge on any atom is 0.119 e. The Morgan fingerprint density at radius 1 is 1.43 bits per heavy atom. The summed E-state index contributed by atoms with van der Waals surface area (Å²) in [5.41, 5.74) is 0. The molecule has 2 rings (SSSR count). The number of hydrogen-bond acceptors (Lipinski definition) is 2. The van der Waals surface area contributed by atoms with E-state index in [1.54, 1.807) is 0 Å². The summed E-state index contributed by atoms with van der Waals surface area (Å²) in [4.78, 5) is 0. The van der Waals surface area contributed by atoms with Gasteiger partial charge in [0.05, 0.1) is 19.3 Å². The predicted molar refractivity (Wildman–Crippen MR) is 55.5 cm³/mol. The fourth-order valence-electron chi connectivity index (χ4n) is 1.54. The van der Waals surface area contributed by atoms with Crippen LogP contribution >= 0.6 is 0 Å². The first-order chi connectivity index (χ1) is 6.90. The summed E-state index contributed by atoms with van der Waals surface area (Å²) in [5.74, 6) is 1.50. The normalized spacial score (nSPS) is 21.6. The molecule has 0 saturated carbocycles. The van der Waals surface area contributed by atoms with Gasteiger partial charge in [0.25, 0.3) is 0 Å². The molecule has 2 atom stereocenters. The zero-order valence-corrected chi connectivity index (χ0v) is 8.48. The van der Waals surface area contributed by atoms with Gasteiger partial charge in [-0.3, -0.25) is 0 Å². The molecule has 0 N–H and O–H groups in total. The Balaban J connectivity index is 1.81. The first-order valence-electron chi connectivity index (χ1n) is 5.19. The maximum atomic E-state index is 5.68. The van der Waals surface area contributed by atoms with Crippen LogP contribution in [0.15, 0.2) is 30.3 Å². The fourth-order valence-corrected chi connectivity index (χ4v) is 1.54. The Hall–Kier alpha value is -1.02. The molecule has 2 unspecified atom stereocenters. The van der Waals surface area contributed by atoms with E-state index >= 15 is 0 Å². The molecule has 1 fully saturated rings. The SMILES string of the molecule is CCC(COc1ccccc1)C1CO1.